The minimum absolute atomic E-state index is 0.0443. The third-order valence-electron chi connectivity index (χ3n) is 12.9. The van der Waals surface area contributed by atoms with E-state index in [1.165, 1.54) is 7.11 Å². The van der Waals surface area contributed by atoms with E-state index in [1.54, 1.807) is 108 Å². The lowest BCUT2D eigenvalue weighted by atomic mass is 10.1. The lowest BCUT2D eigenvalue weighted by Gasteiger charge is -2.38. The maximum atomic E-state index is 12.8. The highest BCUT2D eigenvalue weighted by atomic mass is 28.4. The van der Waals surface area contributed by atoms with E-state index in [1.807, 2.05) is 19.9 Å². The Hall–Kier alpha value is -8.06. The number of carboxylic acids is 2. The zero-order valence-corrected chi connectivity index (χ0v) is 56.8. The Kier molecular flexibility index (Phi) is 35.7. The summed E-state index contributed by atoms with van der Waals surface area (Å²) in [5, 5.41) is 31.5. The zero-order chi connectivity index (χ0) is 70.2. The number of esters is 3. The maximum Gasteiger partial charge on any atom is 0.408 e. The van der Waals surface area contributed by atoms with E-state index in [2.05, 4.69) is 69.9 Å². The number of carbonyl (C=O) groups is 10. The number of benzene rings is 3. The standard InChI is InChI=1S/C27H46N2O7Si.C21H30N2O8.C15H21N3O6/c1-11-13-22(30)28-20-15-12-14-19(16-20)17-34-23(24(31)33-8)21(29-25(32)36-26(2,3)4)18-35-37(9,10)27(5,6)7;1-6-8-15(24)22-14-10-7-9-13(11-14)12-30-17(19(27)29-5)16(18(25)26)23-20(28)31-21(2,3)4;1-23-15(22)13(12(17)14(20)21)24-8-9-3-2-4-10(7-9)18-11(19)5-6-16/h12,14-16,21,23H,11,13,17-18H2,1-10H3,(H,28,30)(H,29,32);7,9-11,16-17H,6,8,12H2,1-5H3,(H,22,24)(H,23,28)(H,25,26);2-4,7,12-13H,5-6,8,16-17H2,1H3,(H,18,19)(H,20,21)/t21-,23-;16-,17+;12-,13+/m100/s1. The Morgan fingerprint density at radius 3 is 1.23 bits per heavy atom. The van der Waals surface area contributed by atoms with Gasteiger partial charge in [-0.05, 0) is 126 Å². The number of anilines is 3. The third-order valence-corrected chi connectivity index (χ3v) is 17.4. The lowest BCUT2D eigenvalue weighted by molar-refractivity contribution is -0.163. The smallest absolute Gasteiger partial charge is 0.408 e. The second kappa shape index (κ2) is 40.0. The molecule has 5 amide bonds. The Labute approximate surface area is 539 Å². The molecule has 3 aromatic rings. The van der Waals surface area contributed by atoms with Crippen LogP contribution in [0.2, 0.25) is 18.1 Å². The van der Waals surface area contributed by atoms with Crippen LogP contribution >= 0.6 is 0 Å². The van der Waals surface area contributed by atoms with Gasteiger partial charge in [0.1, 0.15) is 17.2 Å². The molecule has 514 valence electrons. The molecule has 11 N–H and O–H groups in total. The maximum absolute atomic E-state index is 12.8. The number of nitrogens with two attached hydrogens (primary N) is 2. The number of nitrogens with one attached hydrogen (secondary N) is 5. The predicted octanol–water partition coefficient (Wildman–Crippen LogP) is 7.30. The number of hydrogen-bond acceptors (Lipinski definition) is 21. The van der Waals surface area contributed by atoms with Gasteiger partial charge in [0, 0.05) is 42.9 Å². The summed E-state index contributed by atoms with van der Waals surface area (Å²) in [7, 11) is 1.24. The van der Waals surface area contributed by atoms with Gasteiger partial charge in [-0.2, -0.15) is 0 Å². The van der Waals surface area contributed by atoms with E-state index in [0.717, 1.165) is 26.2 Å². The number of aliphatic carboxylic acids is 2. The van der Waals surface area contributed by atoms with Crippen LogP contribution in [0.5, 0.6) is 0 Å². The van der Waals surface area contributed by atoms with Gasteiger partial charge < -0.3 is 90.6 Å². The van der Waals surface area contributed by atoms with Crippen molar-refractivity contribution in [1.82, 2.24) is 10.6 Å². The SMILES string of the molecule is CCCC(=O)Nc1cccc(CO[C@@H](C(=O)OC)[C@@H](CO[Si](C)(C)C(C)(C)C)NC(=O)OC(C)(C)C)c1.CCCC(=O)Nc1cccc(CO[C@@H](C(=O)OC)[C@H](NC(=O)OC(C)(C)C)C(=O)O)c1.COC(=O)[C@H](OCc1cccc(NC(=O)CCN)c1)[C@H](N)C(=O)O. The van der Waals surface area contributed by atoms with Crippen molar-refractivity contribution >= 4 is 85.1 Å². The summed E-state index contributed by atoms with van der Waals surface area (Å²) in [5.74, 6) is -5.82. The molecule has 28 nitrogen and oxygen atoms in total. The van der Waals surface area contributed by atoms with Crippen LogP contribution in [-0.4, -0.2) is 160 Å². The number of amides is 5. The van der Waals surface area contributed by atoms with Gasteiger partial charge >= 0.3 is 42.0 Å². The van der Waals surface area contributed by atoms with Crippen LogP contribution in [0.15, 0.2) is 72.8 Å². The molecule has 0 heterocycles. The molecule has 0 fully saturated rings. The van der Waals surface area contributed by atoms with Crippen LogP contribution in [0.4, 0.5) is 26.7 Å². The Morgan fingerprint density at radius 1 is 0.522 bits per heavy atom. The number of methoxy groups -OCH3 is 3. The molecule has 0 aliphatic heterocycles. The van der Waals surface area contributed by atoms with Crippen molar-refractivity contribution in [3.63, 3.8) is 0 Å². The first-order valence-electron chi connectivity index (χ1n) is 29.6. The molecule has 0 unspecified atom stereocenters. The number of alkyl carbamates (subject to hydrolysis) is 2. The molecule has 29 heteroatoms. The topological polar surface area (TPSA) is 406 Å². The molecule has 3 rings (SSSR count). The van der Waals surface area contributed by atoms with E-state index in [4.69, 9.17) is 49.4 Å². The van der Waals surface area contributed by atoms with Gasteiger partial charge in [-0.1, -0.05) is 71.0 Å². The summed E-state index contributed by atoms with van der Waals surface area (Å²) in [6.45, 7) is 24.5. The molecule has 0 aromatic heterocycles. The fourth-order valence-corrected chi connectivity index (χ4v) is 8.38. The van der Waals surface area contributed by atoms with Crippen molar-refractivity contribution in [2.45, 2.75) is 194 Å². The highest BCUT2D eigenvalue weighted by Gasteiger charge is 2.41. The number of carbonyl (C=O) groups excluding carboxylic acids is 8. The van der Waals surface area contributed by atoms with Crippen LogP contribution in [0.1, 0.15) is 125 Å². The average molecular weight is 1320 g/mol. The molecule has 0 saturated carbocycles. The summed E-state index contributed by atoms with van der Waals surface area (Å²) in [4.78, 5) is 119. The molecule has 0 aliphatic carbocycles. The molecular weight excluding hydrogens is 1220 g/mol. The van der Waals surface area contributed by atoms with Crippen molar-refractivity contribution in [3.8, 4) is 0 Å². The van der Waals surface area contributed by atoms with Crippen LogP contribution in [0, 0.1) is 0 Å². The molecule has 0 aliphatic rings. The Morgan fingerprint density at radius 2 is 0.880 bits per heavy atom. The van der Waals surface area contributed by atoms with E-state index in [-0.39, 0.29) is 62.2 Å². The van der Waals surface area contributed by atoms with Crippen LogP contribution < -0.4 is 38.1 Å². The van der Waals surface area contributed by atoms with Gasteiger partial charge in [0.25, 0.3) is 0 Å². The molecule has 0 spiro atoms. The predicted molar refractivity (Wildman–Crippen MR) is 343 cm³/mol. The normalized spacial score (nSPS) is 13.3. The van der Waals surface area contributed by atoms with Gasteiger partial charge in [0.15, 0.2) is 32.7 Å². The summed E-state index contributed by atoms with van der Waals surface area (Å²) in [6.07, 6.45) is -3.48. The van der Waals surface area contributed by atoms with Crippen molar-refractivity contribution in [2.24, 2.45) is 11.5 Å². The van der Waals surface area contributed by atoms with Crippen LogP contribution in [0.25, 0.3) is 0 Å². The first-order valence-corrected chi connectivity index (χ1v) is 32.5. The van der Waals surface area contributed by atoms with Crippen LogP contribution in [-0.2, 0) is 100 Å². The average Bonchev–Trinajstić information content (AvgIpc) is 1.14. The summed E-state index contributed by atoms with van der Waals surface area (Å²) >= 11 is 0. The zero-order valence-electron chi connectivity index (χ0n) is 55.8. The van der Waals surface area contributed by atoms with Crippen molar-refractivity contribution in [3.05, 3.63) is 89.5 Å². The highest BCUT2D eigenvalue weighted by Crippen LogP contribution is 2.37. The third kappa shape index (κ3) is 32.3. The van der Waals surface area contributed by atoms with Crippen molar-refractivity contribution < 1.29 is 100 Å². The van der Waals surface area contributed by atoms with E-state index in [9.17, 15) is 53.1 Å². The van der Waals surface area contributed by atoms with Gasteiger partial charge in [-0.25, -0.2) is 28.8 Å². The summed E-state index contributed by atoms with van der Waals surface area (Å²) < 4.78 is 47.8. The molecule has 0 bridgehead atoms. The molecule has 3 aromatic carbocycles. The summed E-state index contributed by atoms with van der Waals surface area (Å²) in [5.41, 5.74) is 12.8. The minimum Gasteiger partial charge on any atom is -0.480 e. The Bertz CT molecular complexity index is 2890. The first kappa shape index (κ1) is 81.9. The molecule has 0 radical (unpaired) electrons. The minimum atomic E-state index is -2.21. The van der Waals surface area contributed by atoms with Crippen molar-refractivity contribution in [2.75, 3.05) is 50.4 Å². The van der Waals surface area contributed by atoms with Gasteiger partial charge in [0.05, 0.1) is 53.8 Å². The number of rotatable bonds is 31. The quantitative estimate of drug-likeness (QED) is 0.0173. The molecule has 0 saturated heterocycles. The summed E-state index contributed by atoms with van der Waals surface area (Å²) in [6, 6.07) is 16.4. The van der Waals surface area contributed by atoms with Gasteiger partial charge in [-0.3, -0.25) is 19.2 Å². The second-order valence-electron chi connectivity index (χ2n) is 24.2. The van der Waals surface area contributed by atoms with Crippen molar-refractivity contribution in [1.29, 1.82) is 0 Å². The van der Waals surface area contributed by atoms with E-state index >= 15 is 0 Å². The second-order valence-corrected chi connectivity index (χ2v) is 29.0. The number of hydrogen-bond donors (Lipinski definition) is 9. The fourth-order valence-electron chi connectivity index (χ4n) is 7.36. The molecule has 92 heavy (non-hydrogen) atoms. The molecule has 6 atom stereocenters. The van der Waals surface area contributed by atoms with Gasteiger partial charge in [0.2, 0.25) is 17.7 Å². The lowest BCUT2D eigenvalue weighted by Crippen LogP contribution is -2.54. The highest BCUT2D eigenvalue weighted by molar-refractivity contribution is 6.74. The monoisotopic (exact) mass is 1320 g/mol. The van der Waals surface area contributed by atoms with E-state index < -0.39 is 98.0 Å². The van der Waals surface area contributed by atoms with Crippen LogP contribution in [0.3, 0.4) is 0 Å². The van der Waals surface area contributed by atoms with E-state index in [0.29, 0.717) is 47.5 Å². The number of carboxylic acid groups (broad SMARTS) is 2. The largest absolute Gasteiger partial charge is 0.480 e. The molecular formula is C63H97N7O21Si. The number of ether oxygens (including phenoxy) is 8. The first-order chi connectivity index (χ1) is 42.8. The Balaban J connectivity index is 0.000000706. The van der Waals surface area contributed by atoms with Gasteiger partial charge in [-0.15, -0.1) is 0 Å². The fraction of sp³-hybridized carbons (Fsp3) is 0.556.